The number of aromatic amines is 1. The second-order valence-electron chi connectivity index (χ2n) is 11.0. The molecule has 1 aliphatic rings. The molecule has 1 saturated heterocycles. The summed E-state index contributed by atoms with van der Waals surface area (Å²) in [5.41, 5.74) is 2.64. The maximum absolute atomic E-state index is 13.5. The zero-order valence-electron chi connectivity index (χ0n) is 23.9. The van der Waals surface area contributed by atoms with E-state index in [1.807, 2.05) is 67.7 Å². The molecule has 1 aromatic heterocycles. The number of nitrogens with one attached hydrogen (secondary N) is 4. The van der Waals surface area contributed by atoms with Gasteiger partial charge in [-0.3, -0.25) is 14.4 Å². The second-order valence-corrected chi connectivity index (χ2v) is 11.0. The van der Waals surface area contributed by atoms with Crippen molar-refractivity contribution in [1.29, 1.82) is 0 Å². The van der Waals surface area contributed by atoms with Gasteiger partial charge in [0, 0.05) is 29.9 Å². The maximum Gasteiger partial charge on any atom is 0.329 e. The molecule has 3 amide bonds. The lowest BCUT2D eigenvalue weighted by Gasteiger charge is -2.27. The Balaban J connectivity index is 1.63. The summed E-state index contributed by atoms with van der Waals surface area (Å²) in [5.74, 6) is -2.08. The van der Waals surface area contributed by atoms with Crippen molar-refractivity contribution in [2.45, 2.75) is 83.5 Å². The number of amides is 3. The average Bonchev–Trinajstić information content (AvgIpc) is 3.37. The number of para-hydroxylation sites is 1. The first kappa shape index (κ1) is 29.8. The summed E-state index contributed by atoms with van der Waals surface area (Å²) in [5, 5.41) is 9.33. The number of hydrogen-bond donors (Lipinski definition) is 4. The topological polar surface area (TPSA) is 129 Å². The molecule has 9 heteroatoms. The molecular weight excluding hydrogens is 520 g/mol. The van der Waals surface area contributed by atoms with Crippen LogP contribution < -0.4 is 16.0 Å². The van der Waals surface area contributed by atoms with Gasteiger partial charge in [0.2, 0.25) is 17.7 Å². The lowest BCUT2D eigenvalue weighted by molar-refractivity contribution is -0.157. The van der Waals surface area contributed by atoms with Gasteiger partial charge in [0.1, 0.15) is 24.2 Å². The summed E-state index contributed by atoms with van der Waals surface area (Å²) >= 11 is 0. The van der Waals surface area contributed by atoms with Crippen molar-refractivity contribution in [2.75, 3.05) is 0 Å². The first-order valence-corrected chi connectivity index (χ1v) is 14.4. The van der Waals surface area contributed by atoms with Crippen LogP contribution in [0.2, 0.25) is 0 Å². The Morgan fingerprint density at radius 3 is 2.37 bits per heavy atom. The molecule has 5 atom stereocenters. The Morgan fingerprint density at radius 2 is 1.61 bits per heavy atom. The third-order valence-electron chi connectivity index (χ3n) is 7.69. The van der Waals surface area contributed by atoms with E-state index in [9.17, 15) is 19.2 Å². The summed E-state index contributed by atoms with van der Waals surface area (Å²) in [4.78, 5) is 56.7. The molecular formula is C32H40N4O5. The number of cyclic esters (lactones) is 1. The van der Waals surface area contributed by atoms with Crippen molar-refractivity contribution >= 4 is 34.6 Å². The average molecular weight is 561 g/mol. The van der Waals surface area contributed by atoms with Gasteiger partial charge in [-0.2, -0.15) is 0 Å². The minimum absolute atomic E-state index is 0.0875. The predicted octanol–water partition coefficient (Wildman–Crippen LogP) is 3.57. The third-order valence-corrected chi connectivity index (χ3v) is 7.69. The highest BCUT2D eigenvalue weighted by atomic mass is 16.5. The highest BCUT2D eigenvalue weighted by Crippen LogP contribution is 2.22. The van der Waals surface area contributed by atoms with Crippen LogP contribution in [0.1, 0.15) is 57.6 Å². The molecule has 4 N–H and O–H groups in total. The molecule has 0 bridgehead atoms. The number of carbonyl (C=O) groups excluding carboxylic acids is 4. The highest BCUT2D eigenvalue weighted by molar-refractivity contribution is 5.94. The van der Waals surface area contributed by atoms with Crippen LogP contribution in [0.15, 0.2) is 60.8 Å². The van der Waals surface area contributed by atoms with Gasteiger partial charge < -0.3 is 25.7 Å². The van der Waals surface area contributed by atoms with Crippen LogP contribution in [0, 0.1) is 5.92 Å². The minimum atomic E-state index is -0.976. The van der Waals surface area contributed by atoms with Gasteiger partial charge in [-0.25, -0.2) is 4.79 Å². The minimum Gasteiger partial charge on any atom is -0.460 e. The fourth-order valence-corrected chi connectivity index (χ4v) is 5.19. The maximum atomic E-state index is 13.5. The summed E-state index contributed by atoms with van der Waals surface area (Å²) in [7, 11) is 0. The Bertz CT molecular complexity index is 1350. The Labute approximate surface area is 240 Å². The van der Waals surface area contributed by atoms with Gasteiger partial charge in [0.15, 0.2) is 0 Å². The lowest BCUT2D eigenvalue weighted by atomic mass is 9.95. The van der Waals surface area contributed by atoms with E-state index in [0.29, 0.717) is 0 Å². The van der Waals surface area contributed by atoms with E-state index < -0.39 is 47.9 Å². The summed E-state index contributed by atoms with van der Waals surface area (Å²) in [6, 6.07) is 14.2. The molecule has 0 unspecified atom stereocenters. The van der Waals surface area contributed by atoms with Gasteiger partial charge >= 0.3 is 5.97 Å². The van der Waals surface area contributed by atoms with E-state index >= 15 is 0 Å². The molecule has 4 rings (SSSR count). The fraction of sp³-hybridized carbons (Fsp3) is 0.438. The molecule has 0 aliphatic carbocycles. The quantitative estimate of drug-likeness (QED) is 0.313. The number of H-pyrrole nitrogens is 1. The number of benzene rings is 2. The number of ether oxygens (including phenoxy) is 1. The standard InChI is InChI=1S/C32H40N4O5/c1-4-5-11-20(2)28-18-29(37)35-26(17-23-19-33-25-15-10-9-14-24(23)25)31(39)34-21(3)30(38)36-27(32(40)41-28)16-22-12-7-6-8-13-22/h6-10,12-15,19-21,26-28,33H,4-5,11,16-18H2,1-3H3,(H,34,39)(H,35,37)(H,36,38)/t20-,21-,26-,27+,28+/m0/s1. The highest BCUT2D eigenvalue weighted by Gasteiger charge is 2.33. The van der Waals surface area contributed by atoms with Crippen LogP contribution in [-0.4, -0.2) is 52.9 Å². The van der Waals surface area contributed by atoms with Crippen molar-refractivity contribution in [1.82, 2.24) is 20.9 Å². The van der Waals surface area contributed by atoms with E-state index in [1.165, 1.54) is 0 Å². The first-order valence-electron chi connectivity index (χ1n) is 14.4. The molecule has 0 spiro atoms. The molecule has 1 fully saturated rings. The molecule has 41 heavy (non-hydrogen) atoms. The van der Waals surface area contributed by atoms with Crippen LogP contribution in [0.5, 0.6) is 0 Å². The van der Waals surface area contributed by atoms with Gasteiger partial charge in [-0.1, -0.05) is 75.2 Å². The third kappa shape index (κ3) is 7.96. The van der Waals surface area contributed by atoms with Crippen molar-refractivity contribution in [3.05, 3.63) is 71.9 Å². The lowest BCUT2D eigenvalue weighted by Crippen LogP contribution is -2.55. The Morgan fingerprint density at radius 1 is 0.878 bits per heavy atom. The number of carbonyl (C=O) groups is 4. The molecule has 2 aromatic carbocycles. The van der Waals surface area contributed by atoms with E-state index in [4.69, 9.17) is 4.74 Å². The number of esters is 1. The molecule has 3 aromatic rings. The van der Waals surface area contributed by atoms with Crippen LogP contribution >= 0.6 is 0 Å². The Hall–Kier alpha value is -4.14. The van der Waals surface area contributed by atoms with E-state index in [2.05, 4.69) is 27.9 Å². The number of rotatable bonds is 8. The monoisotopic (exact) mass is 560 g/mol. The number of hydrogen-bond acceptors (Lipinski definition) is 5. The number of unbranched alkanes of at least 4 members (excludes halogenated alkanes) is 1. The summed E-state index contributed by atoms with van der Waals surface area (Å²) in [6.07, 6.45) is 4.13. The smallest absolute Gasteiger partial charge is 0.329 e. The molecule has 0 saturated carbocycles. The van der Waals surface area contributed by atoms with Gasteiger partial charge in [-0.05, 0) is 36.5 Å². The molecule has 9 nitrogen and oxygen atoms in total. The van der Waals surface area contributed by atoms with E-state index in [0.717, 1.165) is 41.3 Å². The number of aromatic nitrogens is 1. The van der Waals surface area contributed by atoms with Crippen LogP contribution in [0.25, 0.3) is 10.9 Å². The largest absolute Gasteiger partial charge is 0.460 e. The van der Waals surface area contributed by atoms with Gasteiger partial charge in [0.05, 0.1) is 6.42 Å². The molecule has 2 heterocycles. The predicted molar refractivity (Wildman–Crippen MR) is 157 cm³/mol. The molecule has 1 aliphatic heterocycles. The van der Waals surface area contributed by atoms with Gasteiger partial charge in [-0.15, -0.1) is 0 Å². The summed E-state index contributed by atoms with van der Waals surface area (Å²) < 4.78 is 5.96. The number of fused-ring (bicyclic) bond motifs is 1. The van der Waals surface area contributed by atoms with Crippen LogP contribution in [0.4, 0.5) is 0 Å². The fourth-order valence-electron chi connectivity index (χ4n) is 5.19. The molecule has 0 radical (unpaired) electrons. The van der Waals surface area contributed by atoms with Crippen molar-refractivity contribution in [2.24, 2.45) is 5.92 Å². The zero-order valence-corrected chi connectivity index (χ0v) is 23.9. The molecule has 218 valence electrons. The van der Waals surface area contributed by atoms with Gasteiger partial charge in [0.25, 0.3) is 0 Å². The normalized spacial score (nSPS) is 23.3. The zero-order chi connectivity index (χ0) is 29.4. The van der Waals surface area contributed by atoms with Crippen molar-refractivity contribution < 1.29 is 23.9 Å². The van der Waals surface area contributed by atoms with Crippen LogP contribution in [0.3, 0.4) is 0 Å². The van der Waals surface area contributed by atoms with E-state index in [-0.39, 0.29) is 25.2 Å². The van der Waals surface area contributed by atoms with Crippen LogP contribution in [-0.2, 0) is 36.8 Å². The Kier molecular flexibility index (Phi) is 10.2. The first-order chi connectivity index (χ1) is 19.7. The van der Waals surface area contributed by atoms with Crippen molar-refractivity contribution in [3.8, 4) is 0 Å². The SMILES string of the molecule is CCCC[C@H](C)[C@H]1CC(=O)N[C@@H](Cc2c[nH]c3ccccc23)C(=O)N[C@@H](C)C(=O)N[C@H](Cc2ccccc2)C(=O)O1. The second kappa shape index (κ2) is 14.0. The van der Waals surface area contributed by atoms with E-state index in [1.54, 1.807) is 6.92 Å². The van der Waals surface area contributed by atoms with Crippen molar-refractivity contribution in [3.63, 3.8) is 0 Å². The summed E-state index contributed by atoms with van der Waals surface area (Å²) in [6.45, 7) is 5.59.